The highest BCUT2D eigenvalue weighted by molar-refractivity contribution is 6.08. The van der Waals surface area contributed by atoms with E-state index in [9.17, 15) is 39.1 Å². The average Bonchev–Trinajstić information content (AvgIpc) is 2.98. The minimum atomic E-state index is -2.40. The lowest BCUT2D eigenvalue weighted by Gasteiger charge is -2.62. The fourth-order valence-corrected chi connectivity index (χ4v) is 5.63. The molecule has 2 heterocycles. The van der Waals surface area contributed by atoms with Crippen LogP contribution >= 0.6 is 0 Å². The third-order valence-corrected chi connectivity index (χ3v) is 7.72. The first-order chi connectivity index (χ1) is 19.6. The first kappa shape index (κ1) is 29.1. The number of hydrogen-bond donors (Lipinski definition) is 5. The highest BCUT2D eigenvalue weighted by Gasteiger charge is 2.74. The molecule has 3 aromatic carbocycles. The molecule has 2 aliphatic rings. The largest absolute Gasteiger partial charge is 0.457 e. The molecule has 5 rings (SSSR count). The van der Waals surface area contributed by atoms with Crippen molar-refractivity contribution in [2.24, 2.45) is 0 Å². The molecule has 3 aromatic rings. The molecule has 218 valence electrons. The molecule has 2 aliphatic heterocycles. The van der Waals surface area contributed by atoms with Crippen molar-refractivity contribution in [2.75, 3.05) is 11.5 Å². The number of benzene rings is 3. The molecule has 2 saturated heterocycles. The van der Waals surface area contributed by atoms with Crippen molar-refractivity contribution in [3.63, 3.8) is 0 Å². The van der Waals surface area contributed by atoms with Crippen molar-refractivity contribution < 1.29 is 48.6 Å². The lowest BCUT2D eigenvalue weighted by Crippen LogP contribution is -2.87. The smallest absolute Gasteiger partial charge is 0.264 e. The first-order valence-electron chi connectivity index (χ1n) is 13.2. The van der Waals surface area contributed by atoms with Crippen LogP contribution in [0, 0.1) is 11.6 Å². The molecule has 1 unspecified atom stereocenters. The molecule has 0 aliphatic carbocycles. The molecular formula is C30H31F2NO8. The number of amides is 1. The number of β-lactam (4-membered cyclic amide) rings is 1. The van der Waals surface area contributed by atoms with Crippen LogP contribution in [0.1, 0.15) is 18.4 Å². The standard InChI is InChI=1S/C30H31F2NO8/c31-19-10-8-18(9-11-19)5-4-16-29(39)27(33(28(29)38)21-14-12-20(32)13-15-21)30(40-22-6-2-1-3-7-22)26(37)25(36)24(35)23(17-34)41-30/h1-3,6-15,23-27,34-37,39H,4-5,16-17H2/t23-,24-,25+,26-,27?,29+,30+/m1/s1. The van der Waals surface area contributed by atoms with Crippen LogP contribution in [0.15, 0.2) is 78.9 Å². The van der Waals surface area contributed by atoms with E-state index in [0.717, 1.165) is 22.6 Å². The molecule has 0 radical (unpaired) electrons. The number of anilines is 1. The number of aliphatic hydroxyl groups is 5. The van der Waals surface area contributed by atoms with Gasteiger partial charge in [-0.3, -0.25) is 9.69 Å². The highest BCUT2D eigenvalue weighted by atomic mass is 19.1. The number of para-hydroxylation sites is 1. The van der Waals surface area contributed by atoms with Gasteiger partial charge in [-0.05, 0) is 73.4 Å². The van der Waals surface area contributed by atoms with Crippen molar-refractivity contribution in [3.8, 4) is 5.75 Å². The minimum absolute atomic E-state index is 0.138. The van der Waals surface area contributed by atoms with Crippen LogP contribution in [0.4, 0.5) is 14.5 Å². The van der Waals surface area contributed by atoms with E-state index in [1.807, 2.05) is 0 Å². The van der Waals surface area contributed by atoms with Crippen LogP contribution in [0.3, 0.4) is 0 Å². The summed E-state index contributed by atoms with van der Waals surface area (Å²) in [5.41, 5.74) is -1.32. The Hall–Kier alpha value is -3.45. The second-order valence-electron chi connectivity index (χ2n) is 10.4. The fraction of sp³-hybridized carbons (Fsp3) is 0.367. The number of rotatable bonds is 9. The second-order valence-corrected chi connectivity index (χ2v) is 10.4. The zero-order valence-electron chi connectivity index (χ0n) is 21.9. The van der Waals surface area contributed by atoms with Crippen molar-refractivity contribution >= 4 is 11.6 Å². The molecule has 9 nitrogen and oxygen atoms in total. The second kappa shape index (κ2) is 11.4. The van der Waals surface area contributed by atoms with E-state index in [4.69, 9.17) is 9.47 Å². The molecule has 2 fully saturated rings. The Kier molecular flexibility index (Phi) is 8.11. The van der Waals surface area contributed by atoms with Gasteiger partial charge in [0, 0.05) is 5.69 Å². The van der Waals surface area contributed by atoms with E-state index in [0.29, 0.717) is 6.42 Å². The Morgan fingerprint density at radius 3 is 2.10 bits per heavy atom. The topological polar surface area (TPSA) is 140 Å². The van der Waals surface area contributed by atoms with Crippen LogP contribution in [-0.4, -0.2) is 79.9 Å². The van der Waals surface area contributed by atoms with Crippen molar-refractivity contribution in [1.29, 1.82) is 0 Å². The van der Waals surface area contributed by atoms with E-state index < -0.39 is 66.0 Å². The van der Waals surface area contributed by atoms with E-state index >= 15 is 0 Å². The summed E-state index contributed by atoms with van der Waals surface area (Å²) in [6.07, 6.45) is -6.66. The number of carbonyl (C=O) groups is 1. The number of carbonyl (C=O) groups excluding carboxylic acids is 1. The summed E-state index contributed by atoms with van der Waals surface area (Å²) >= 11 is 0. The predicted octanol–water partition coefficient (Wildman–Crippen LogP) is 1.68. The minimum Gasteiger partial charge on any atom is -0.457 e. The number of aliphatic hydroxyl groups excluding tert-OH is 4. The van der Waals surface area contributed by atoms with Gasteiger partial charge < -0.3 is 35.0 Å². The summed E-state index contributed by atoms with van der Waals surface area (Å²) in [6, 6.07) is 17.1. The lowest BCUT2D eigenvalue weighted by atomic mass is 9.70. The van der Waals surface area contributed by atoms with Crippen LogP contribution in [0.2, 0.25) is 0 Å². The van der Waals surface area contributed by atoms with E-state index in [1.54, 1.807) is 30.3 Å². The van der Waals surface area contributed by atoms with Gasteiger partial charge in [-0.15, -0.1) is 0 Å². The van der Waals surface area contributed by atoms with Gasteiger partial charge in [0.25, 0.3) is 11.7 Å². The summed E-state index contributed by atoms with van der Waals surface area (Å²) in [6.45, 7) is -0.787. The van der Waals surface area contributed by atoms with Crippen molar-refractivity contribution in [3.05, 3.63) is 96.1 Å². The normalized spacial score (nSPS) is 31.5. The molecule has 0 spiro atoms. The van der Waals surface area contributed by atoms with Crippen LogP contribution in [-0.2, 0) is 16.0 Å². The Morgan fingerprint density at radius 1 is 0.878 bits per heavy atom. The summed E-state index contributed by atoms with van der Waals surface area (Å²) in [5, 5.41) is 54.8. The molecule has 11 heteroatoms. The maximum Gasteiger partial charge on any atom is 0.264 e. The number of aryl methyl sites for hydroxylation is 1. The first-order valence-corrected chi connectivity index (χ1v) is 13.2. The zero-order chi connectivity index (χ0) is 29.4. The Labute approximate surface area is 234 Å². The average molecular weight is 572 g/mol. The molecule has 0 saturated carbocycles. The van der Waals surface area contributed by atoms with Gasteiger partial charge in [0.05, 0.1) is 6.61 Å². The van der Waals surface area contributed by atoms with Gasteiger partial charge in [0.15, 0.2) is 5.60 Å². The molecule has 0 aromatic heterocycles. The maximum atomic E-state index is 13.8. The van der Waals surface area contributed by atoms with Crippen LogP contribution in [0.5, 0.6) is 5.75 Å². The number of ether oxygens (including phenoxy) is 2. The van der Waals surface area contributed by atoms with E-state index in [1.165, 1.54) is 36.4 Å². The monoisotopic (exact) mass is 571 g/mol. The number of hydrogen-bond acceptors (Lipinski definition) is 8. The fourth-order valence-electron chi connectivity index (χ4n) is 5.63. The summed E-state index contributed by atoms with van der Waals surface area (Å²) < 4.78 is 39.3. The van der Waals surface area contributed by atoms with Gasteiger partial charge in [-0.1, -0.05) is 30.3 Å². The zero-order valence-corrected chi connectivity index (χ0v) is 21.9. The van der Waals surface area contributed by atoms with Gasteiger partial charge in [-0.25, -0.2) is 8.78 Å². The molecule has 0 bridgehead atoms. The molecule has 1 amide bonds. The van der Waals surface area contributed by atoms with Crippen LogP contribution < -0.4 is 9.64 Å². The Morgan fingerprint density at radius 2 is 1.49 bits per heavy atom. The lowest BCUT2D eigenvalue weighted by molar-refractivity contribution is -0.359. The maximum absolute atomic E-state index is 13.8. The van der Waals surface area contributed by atoms with E-state index in [2.05, 4.69) is 0 Å². The van der Waals surface area contributed by atoms with Crippen molar-refractivity contribution in [2.45, 2.75) is 61.1 Å². The Balaban J connectivity index is 1.58. The molecular weight excluding hydrogens is 540 g/mol. The summed E-state index contributed by atoms with van der Waals surface area (Å²) in [7, 11) is 0. The Bertz CT molecular complexity index is 1340. The quantitative estimate of drug-likeness (QED) is 0.245. The van der Waals surface area contributed by atoms with Gasteiger partial charge >= 0.3 is 0 Å². The van der Waals surface area contributed by atoms with Gasteiger partial charge in [0.2, 0.25) is 0 Å². The highest BCUT2D eigenvalue weighted by Crippen LogP contribution is 2.50. The third kappa shape index (κ3) is 5.21. The summed E-state index contributed by atoms with van der Waals surface area (Å²) in [4.78, 5) is 14.8. The third-order valence-electron chi connectivity index (χ3n) is 7.72. The SMILES string of the molecule is O=C1N(c2ccc(F)cc2)C([C@@]2(Oc3ccccc3)O[C@H](CO)[C@@H](O)[C@H](O)[C@H]2O)[C@@]1(O)CCCc1ccc(F)cc1. The predicted molar refractivity (Wildman–Crippen MR) is 142 cm³/mol. The molecule has 7 atom stereocenters. The van der Waals surface area contributed by atoms with Crippen molar-refractivity contribution in [1.82, 2.24) is 0 Å². The van der Waals surface area contributed by atoms with Gasteiger partial charge in [0.1, 0.15) is 47.8 Å². The molecule has 5 N–H and O–H groups in total. The van der Waals surface area contributed by atoms with Gasteiger partial charge in [-0.2, -0.15) is 0 Å². The number of nitrogens with zero attached hydrogens (tertiary/aromatic N) is 1. The van der Waals surface area contributed by atoms with E-state index in [-0.39, 0.29) is 24.3 Å². The number of halogens is 2. The van der Waals surface area contributed by atoms with Crippen LogP contribution in [0.25, 0.3) is 0 Å². The summed E-state index contributed by atoms with van der Waals surface area (Å²) in [5.74, 6) is -4.03. The molecule has 41 heavy (non-hydrogen) atoms.